The van der Waals surface area contributed by atoms with Gasteiger partial charge in [-0.2, -0.15) is 0 Å². The van der Waals surface area contributed by atoms with Gasteiger partial charge >= 0.3 is 0 Å². The smallest absolute Gasteiger partial charge is 0.229 e. The minimum atomic E-state index is 0.0958. The van der Waals surface area contributed by atoms with Crippen LogP contribution < -0.4 is 10.6 Å². The summed E-state index contributed by atoms with van der Waals surface area (Å²) in [6.45, 7) is 3.16. The minimum Gasteiger partial charge on any atom is -0.362 e. The summed E-state index contributed by atoms with van der Waals surface area (Å²) in [5.41, 5.74) is 0. The highest BCUT2D eigenvalue weighted by Gasteiger charge is 2.29. The lowest BCUT2D eigenvalue weighted by molar-refractivity contribution is -0.120. The molecule has 1 saturated carbocycles. The summed E-state index contributed by atoms with van der Waals surface area (Å²) in [4.78, 5) is 11.5. The molecular weight excluding hydrogens is 328 g/mol. The van der Waals surface area contributed by atoms with Crippen LogP contribution in [0.3, 0.4) is 0 Å². The van der Waals surface area contributed by atoms with Crippen LogP contribution in [0.25, 0.3) is 0 Å². The molecule has 1 rings (SSSR count). The monoisotopic (exact) mass is 368 g/mol. The lowest BCUT2D eigenvalue weighted by atomic mass is 10.0. The summed E-state index contributed by atoms with van der Waals surface area (Å²) in [5.74, 6) is 0.319. The average Bonchev–Trinajstić information content (AvgIpc) is 3.43. The zero-order chi connectivity index (χ0) is 18.2. The first-order valence-electron chi connectivity index (χ1n) is 10.8. The van der Waals surface area contributed by atoms with Crippen LogP contribution >= 0.6 is 12.2 Å². The summed E-state index contributed by atoms with van der Waals surface area (Å²) in [6.07, 6.45) is 21.3. The van der Waals surface area contributed by atoms with Crippen molar-refractivity contribution in [3.05, 3.63) is 0 Å². The molecule has 0 spiro atoms. The summed E-state index contributed by atoms with van der Waals surface area (Å²) in [5, 5.41) is 6.42. The Morgan fingerprint density at radius 1 is 0.800 bits per heavy atom. The largest absolute Gasteiger partial charge is 0.362 e. The SMILES string of the molecule is CCCCCCCCCCCCCCCCNC(=S)NC(=O)C1CC1. The topological polar surface area (TPSA) is 41.1 Å². The van der Waals surface area contributed by atoms with Gasteiger partial charge in [0.25, 0.3) is 0 Å². The maximum atomic E-state index is 11.5. The number of carbonyl (C=O) groups is 1. The third-order valence-electron chi connectivity index (χ3n) is 5.00. The summed E-state index contributed by atoms with van der Waals surface area (Å²) in [6, 6.07) is 0. The molecule has 0 aromatic rings. The Morgan fingerprint density at radius 3 is 1.68 bits per heavy atom. The highest BCUT2D eigenvalue weighted by molar-refractivity contribution is 7.80. The summed E-state index contributed by atoms with van der Waals surface area (Å²) in [7, 11) is 0. The van der Waals surface area contributed by atoms with Crippen LogP contribution in [0.15, 0.2) is 0 Å². The number of hydrogen-bond acceptors (Lipinski definition) is 2. The van der Waals surface area contributed by atoms with Gasteiger partial charge in [-0.25, -0.2) is 0 Å². The maximum absolute atomic E-state index is 11.5. The van der Waals surface area contributed by atoms with Crippen LogP contribution in [0.1, 0.15) is 110 Å². The molecule has 0 aromatic carbocycles. The Kier molecular flexibility index (Phi) is 14.0. The quantitative estimate of drug-likeness (QED) is 0.264. The van der Waals surface area contributed by atoms with Crippen LogP contribution in [0.2, 0.25) is 0 Å². The molecule has 1 aliphatic rings. The third kappa shape index (κ3) is 14.2. The van der Waals surface area contributed by atoms with Gasteiger partial charge in [0.15, 0.2) is 5.11 Å². The predicted octanol–water partition coefficient (Wildman–Crippen LogP) is 5.87. The van der Waals surface area contributed by atoms with Crippen molar-refractivity contribution in [2.75, 3.05) is 6.54 Å². The van der Waals surface area contributed by atoms with Gasteiger partial charge in [-0.05, 0) is 31.5 Å². The van der Waals surface area contributed by atoms with Gasteiger partial charge in [0, 0.05) is 12.5 Å². The van der Waals surface area contributed by atoms with E-state index in [9.17, 15) is 4.79 Å². The van der Waals surface area contributed by atoms with Crippen molar-refractivity contribution in [2.45, 2.75) is 110 Å². The van der Waals surface area contributed by atoms with E-state index in [1.54, 1.807) is 0 Å². The van der Waals surface area contributed by atoms with E-state index in [-0.39, 0.29) is 11.8 Å². The van der Waals surface area contributed by atoms with Crippen molar-refractivity contribution < 1.29 is 4.79 Å². The Bertz CT molecular complexity index is 356. The highest BCUT2D eigenvalue weighted by Crippen LogP contribution is 2.28. The summed E-state index contributed by atoms with van der Waals surface area (Å²) < 4.78 is 0. The van der Waals surface area contributed by atoms with Crippen LogP contribution in [0, 0.1) is 5.92 Å². The van der Waals surface area contributed by atoms with Crippen LogP contribution in [-0.4, -0.2) is 17.6 Å². The van der Waals surface area contributed by atoms with Gasteiger partial charge in [0.2, 0.25) is 5.91 Å². The number of rotatable bonds is 16. The van der Waals surface area contributed by atoms with Crippen molar-refractivity contribution in [3.8, 4) is 0 Å². The zero-order valence-corrected chi connectivity index (χ0v) is 17.2. The number of unbranched alkanes of at least 4 members (excludes halogenated alkanes) is 13. The second-order valence-corrected chi connectivity index (χ2v) is 8.02. The van der Waals surface area contributed by atoms with E-state index in [1.807, 2.05) is 0 Å². The fourth-order valence-electron chi connectivity index (χ4n) is 3.13. The fourth-order valence-corrected chi connectivity index (χ4v) is 3.33. The molecule has 0 aromatic heterocycles. The van der Waals surface area contributed by atoms with Crippen LogP contribution in [0.4, 0.5) is 0 Å². The lowest BCUT2D eigenvalue weighted by Gasteiger charge is -2.09. The maximum Gasteiger partial charge on any atom is 0.229 e. The molecule has 1 fully saturated rings. The summed E-state index contributed by atoms with van der Waals surface area (Å²) >= 11 is 5.13. The second-order valence-electron chi connectivity index (χ2n) is 7.62. The van der Waals surface area contributed by atoms with Gasteiger partial charge in [-0.3, -0.25) is 4.79 Å². The number of amides is 1. The van der Waals surface area contributed by atoms with Crippen molar-refractivity contribution in [2.24, 2.45) is 5.92 Å². The predicted molar refractivity (Wildman–Crippen MR) is 112 cm³/mol. The first-order chi connectivity index (χ1) is 12.2. The second kappa shape index (κ2) is 15.6. The Labute approximate surface area is 161 Å². The molecule has 2 N–H and O–H groups in total. The average molecular weight is 369 g/mol. The van der Waals surface area contributed by atoms with Crippen molar-refractivity contribution in [3.63, 3.8) is 0 Å². The molecule has 0 aliphatic heterocycles. The molecule has 0 radical (unpaired) electrons. The molecule has 146 valence electrons. The standard InChI is InChI=1S/C21H40N2OS/c1-2-3-4-5-6-7-8-9-10-11-12-13-14-15-18-22-21(25)23-20(24)19-16-17-19/h19H,2-18H2,1H3,(H2,22,23,24,25). The molecule has 1 aliphatic carbocycles. The van der Waals surface area contributed by atoms with Crippen molar-refractivity contribution >= 4 is 23.2 Å². The number of carbonyl (C=O) groups excluding carboxylic acids is 1. The minimum absolute atomic E-state index is 0.0958. The molecule has 4 heteroatoms. The van der Waals surface area contributed by atoms with E-state index in [0.29, 0.717) is 5.11 Å². The van der Waals surface area contributed by atoms with Gasteiger partial charge < -0.3 is 10.6 Å². The molecule has 0 bridgehead atoms. The molecule has 1 amide bonds. The van der Waals surface area contributed by atoms with Crippen LogP contribution in [0.5, 0.6) is 0 Å². The van der Waals surface area contributed by atoms with E-state index in [0.717, 1.165) is 25.8 Å². The molecular formula is C21H40N2OS. The molecule has 25 heavy (non-hydrogen) atoms. The van der Waals surface area contributed by atoms with Gasteiger partial charge in [0.1, 0.15) is 0 Å². The molecule has 0 atom stereocenters. The zero-order valence-electron chi connectivity index (χ0n) is 16.4. The first kappa shape index (κ1) is 22.4. The van der Waals surface area contributed by atoms with E-state index in [4.69, 9.17) is 12.2 Å². The van der Waals surface area contributed by atoms with Crippen LogP contribution in [-0.2, 0) is 4.79 Å². The number of thiocarbonyl (C=S) groups is 1. The number of hydrogen-bond donors (Lipinski definition) is 2. The van der Waals surface area contributed by atoms with Crippen molar-refractivity contribution in [1.29, 1.82) is 0 Å². The van der Waals surface area contributed by atoms with Crippen molar-refractivity contribution in [1.82, 2.24) is 10.6 Å². The highest BCUT2D eigenvalue weighted by atomic mass is 32.1. The Morgan fingerprint density at radius 2 is 1.24 bits per heavy atom. The fraction of sp³-hybridized carbons (Fsp3) is 0.905. The molecule has 0 unspecified atom stereocenters. The molecule has 3 nitrogen and oxygen atoms in total. The normalized spacial score (nSPS) is 13.6. The molecule has 0 heterocycles. The van der Waals surface area contributed by atoms with E-state index in [2.05, 4.69) is 17.6 Å². The van der Waals surface area contributed by atoms with E-state index < -0.39 is 0 Å². The first-order valence-corrected chi connectivity index (χ1v) is 11.2. The van der Waals surface area contributed by atoms with E-state index in [1.165, 1.54) is 83.5 Å². The van der Waals surface area contributed by atoms with Gasteiger partial charge in [0.05, 0.1) is 0 Å². The Hall–Kier alpha value is -0.640. The van der Waals surface area contributed by atoms with Gasteiger partial charge in [-0.1, -0.05) is 90.4 Å². The van der Waals surface area contributed by atoms with E-state index >= 15 is 0 Å². The molecule has 0 saturated heterocycles. The Balaban J connectivity index is 1.71. The lowest BCUT2D eigenvalue weighted by Crippen LogP contribution is -2.40. The third-order valence-corrected chi connectivity index (χ3v) is 5.25. The number of nitrogens with one attached hydrogen (secondary N) is 2. The van der Waals surface area contributed by atoms with Gasteiger partial charge in [-0.15, -0.1) is 0 Å².